The molecule has 0 aliphatic rings. The fourth-order valence-electron chi connectivity index (χ4n) is 0. The van der Waals surface area contributed by atoms with E-state index in [0.29, 0.717) is 0 Å². The van der Waals surface area contributed by atoms with Crippen molar-refractivity contribution < 1.29 is 75.6 Å². The molecule has 14 heavy (non-hydrogen) atoms. The van der Waals surface area contributed by atoms with E-state index in [1.54, 1.807) is 0 Å². The third kappa shape index (κ3) is 1090. The summed E-state index contributed by atoms with van der Waals surface area (Å²) < 4.78 is 0. The number of hydrogen-bond donors (Lipinski definition) is 0. The molecule has 10 heteroatoms. The van der Waals surface area contributed by atoms with E-state index in [4.69, 9.17) is 39.6 Å². The van der Waals surface area contributed by atoms with Gasteiger partial charge in [-0.3, -0.25) is 0 Å². The van der Waals surface area contributed by atoms with Gasteiger partial charge in [-0.1, -0.05) is 0 Å². The predicted octanol–water partition coefficient (Wildman–Crippen LogP) is -6.54. The van der Waals surface area contributed by atoms with E-state index in [-0.39, 0.29) is 36.0 Å². The van der Waals surface area contributed by atoms with Gasteiger partial charge in [0.1, 0.15) is 0 Å². The summed E-state index contributed by atoms with van der Waals surface area (Å²) in [5.41, 5.74) is 0. The van der Waals surface area contributed by atoms with Crippen molar-refractivity contribution in [3.05, 3.63) is 0 Å². The molecular formula is C4H4NiO8Zn. The van der Waals surface area contributed by atoms with Crippen LogP contribution in [0.15, 0.2) is 0 Å². The van der Waals surface area contributed by atoms with Crippen molar-refractivity contribution in [2.24, 2.45) is 0 Å². The molecule has 0 radical (unpaired) electrons. The van der Waals surface area contributed by atoms with Crippen LogP contribution in [0.5, 0.6) is 0 Å². The Kier molecular flexibility index (Phi) is 441. The molecule has 0 spiro atoms. The SMILES string of the molecule is O=C[O-].O=C[O-].O=C[O-].O=C[O-].[Ni+2].[Zn+2]. The Hall–Kier alpha value is -1.00. The monoisotopic (exact) mass is 302 g/mol. The molecule has 0 heterocycles. The molecule has 0 amide bonds. The fraction of sp³-hybridized carbons (Fsp3) is 0. The molecule has 8 nitrogen and oxygen atoms in total. The molecule has 0 unspecified atom stereocenters. The summed E-state index contributed by atoms with van der Waals surface area (Å²) in [7, 11) is 0. The van der Waals surface area contributed by atoms with Gasteiger partial charge in [0.25, 0.3) is 0 Å². The maximum Gasteiger partial charge on any atom is 2.00 e. The second-order valence-electron chi connectivity index (χ2n) is 0.385. The number of hydrogen-bond acceptors (Lipinski definition) is 8. The van der Waals surface area contributed by atoms with Gasteiger partial charge in [-0.25, -0.2) is 0 Å². The molecule has 0 aliphatic carbocycles. The zero-order valence-electron chi connectivity index (χ0n) is 6.60. The maximum absolute atomic E-state index is 8.25. The van der Waals surface area contributed by atoms with Crippen molar-refractivity contribution >= 4 is 25.9 Å². The minimum Gasteiger partial charge on any atom is -0.554 e. The third-order valence-corrected chi connectivity index (χ3v) is 0. The number of rotatable bonds is 0. The van der Waals surface area contributed by atoms with Gasteiger partial charge in [0, 0.05) is 25.9 Å². The molecule has 0 aliphatic heterocycles. The molecule has 0 saturated carbocycles. The molecule has 0 fully saturated rings. The van der Waals surface area contributed by atoms with Crippen molar-refractivity contribution in [2.75, 3.05) is 0 Å². The summed E-state index contributed by atoms with van der Waals surface area (Å²) in [6.45, 7) is -2.00. The number of carbonyl (C=O) groups is 4. The maximum atomic E-state index is 8.25. The van der Waals surface area contributed by atoms with Crippen LogP contribution in [0.2, 0.25) is 0 Å². The van der Waals surface area contributed by atoms with Crippen molar-refractivity contribution in [3.63, 3.8) is 0 Å². The molecular weight excluding hydrogens is 300 g/mol. The van der Waals surface area contributed by atoms with Crippen LogP contribution in [0.3, 0.4) is 0 Å². The van der Waals surface area contributed by atoms with Crippen LogP contribution in [0.1, 0.15) is 0 Å². The average molecular weight is 304 g/mol. The van der Waals surface area contributed by atoms with Gasteiger partial charge in [0.2, 0.25) is 0 Å². The first-order chi connectivity index (χ1) is 5.66. The molecule has 0 saturated heterocycles. The summed E-state index contributed by atoms with van der Waals surface area (Å²) in [5.74, 6) is 0. The van der Waals surface area contributed by atoms with Crippen molar-refractivity contribution in [2.45, 2.75) is 0 Å². The first-order valence-corrected chi connectivity index (χ1v) is 1.89. The summed E-state index contributed by atoms with van der Waals surface area (Å²) in [6.07, 6.45) is 0. The van der Waals surface area contributed by atoms with E-state index >= 15 is 0 Å². The first kappa shape index (κ1) is 38.2. The van der Waals surface area contributed by atoms with E-state index in [0.717, 1.165) is 0 Å². The van der Waals surface area contributed by atoms with Gasteiger partial charge in [-0.2, -0.15) is 0 Å². The molecule has 0 atom stereocenters. The van der Waals surface area contributed by atoms with Gasteiger partial charge in [0.15, 0.2) is 0 Å². The molecule has 80 valence electrons. The minimum atomic E-state index is -0.500. The molecule has 0 bridgehead atoms. The molecule has 0 aromatic carbocycles. The van der Waals surface area contributed by atoms with E-state index in [1.807, 2.05) is 0 Å². The summed E-state index contributed by atoms with van der Waals surface area (Å²) in [5, 5.41) is 33.0. The Labute approximate surface area is 102 Å². The summed E-state index contributed by atoms with van der Waals surface area (Å²) in [4.78, 5) is 33.0. The van der Waals surface area contributed by atoms with Crippen LogP contribution in [-0.4, -0.2) is 25.9 Å². The molecule has 0 aromatic heterocycles. The Morgan fingerprint density at radius 1 is 0.571 bits per heavy atom. The Morgan fingerprint density at radius 2 is 0.571 bits per heavy atom. The van der Waals surface area contributed by atoms with Gasteiger partial charge in [-0.15, -0.1) is 0 Å². The van der Waals surface area contributed by atoms with Gasteiger partial charge in [0.05, 0.1) is 0 Å². The summed E-state index contributed by atoms with van der Waals surface area (Å²) in [6, 6.07) is 0. The Bertz CT molecular complexity index is 75.3. The zero-order chi connectivity index (χ0) is 10.8. The van der Waals surface area contributed by atoms with Crippen LogP contribution < -0.4 is 20.4 Å². The minimum absolute atomic E-state index is 0. The van der Waals surface area contributed by atoms with E-state index < -0.39 is 25.9 Å². The average Bonchev–Trinajstić information content (AvgIpc) is 1.92. The molecule has 0 aromatic rings. The van der Waals surface area contributed by atoms with Gasteiger partial charge >= 0.3 is 36.0 Å². The fourth-order valence-corrected chi connectivity index (χ4v) is 0. The number of carboxylic acid groups (broad SMARTS) is 4. The smallest absolute Gasteiger partial charge is 0.554 e. The third-order valence-electron chi connectivity index (χ3n) is 0. The van der Waals surface area contributed by atoms with E-state index in [1.165, 1.54) is 0 Å². The van der Waals surface area contributed by atoms with Crippen LogP contribution in [0, 0.1) is 0 Å². The largest absolute Gasteiger partial charge is 2.00 e. The van der Waals surface area contributed by atoms with E-state index in [2.05, 4.69) is 0 Å². The first-order valence-electron chi connectivity index (χ1n) is 1.89. The topological polar surface area (TPSA) is 161 Å². The quantitative estimate of drug-likeness (QED) is 0.315. The van der Waals surface area contributed by atoms with Crippen LogP contribution >= 0.6 is 0 Å². The van der Waals surface area contributed by atoms with Crippen LogP contribution in [-0.2, 0) is 55.1 Å². The molecule has 0 N–H and O–H groups in total. The normalized spacial score (nSPS) is 3.43. The van der Waals surface area contributed by atoms with E-state index in [9.17, 15) is 0 Å². The Morgan fingerprint density at radius 3 is 0.571 bits per heavy atom. The Balaban J connectivity index is -0.0000000145. The number of carbonyl (C=O) groups excluding carboxylic acids is 4. The van der Waals surface area contributed by atoms with Crippen molar-refractivity contribution in [3.8, 4) is 0 Å². The predicted molar refractivity (Wildman–Crippen MR) is 24.3 cm³/mol. The standard InChI is InChI=1S/4CH2O2.Ni.Zn/c4*2-1-3;;/h4*1H,(H,2,3);;/q;;;;2*+2/p-4. The van der Waals surface area contributed by atoms with Crippen molar-refractivity contribution in [1.82, 2.24) is 0 Å². The molecule has 0 rings (SSSR count). The second kappa shape index (κ2) is 162. The second-order valence-corrected chi connectivity index (χ2v) is 0.385. The van der Waals surface area contributed by atoms with Crippen molar-refractivity contribution in [1.29, 1.82) is 0 Å². The van der Waals surface area contributed by atoms with Crippen LogP contribution in [0.25, 0.3) is 0 Å². The summed E-state index contributed by atoms with van der Waals surface area (Å²) >= 11 is 0. The zero-order valence-corrected chi connectivity index (χ0v) is 10.6. The van der Waals surface area contributed by atoms with Gasteiger partial charge < -0.3 is 39.6 Å². The van der Waals surface area contributed by atoms with Gasteiger partial charge in [-0.05, 0) is 0 Å². The van der Waals surface area contributed by atoms with Crippen LogP contribution in [0.4, 0.5) is 0 Å².